The lowest BCUT2D eigenvalue weighted by atomic mass is 10.1. The summed E-state index contributed by atoms with van der Waals surface area (Å²) in [6.45, 7) is 4.71. The maximum Gasteiger partial charge on any atom is 0.323 e. The number of nitrogens with zero attached hydrogens (tertiary/aromatic N) is 1. The number of urea groups is 1. The fourth-order valence-corrected chi connectivity index (χ4v) is 2.06. The Balaban J connectivity index is 2.46. The summed E-state index contributed by atoms with van der Waals surface area (Å²) in [6, 6.07) is -0.421. The number of nitrogens with one attached hydrogen (secondary N) is 1. The van der Waals surface area contributed by atoms with E-state index in [1.807, 2.05) is 13.8 Å². The van der Waals surface area contributed by atoms with Gasteiger partial charge in [-0.2, -0.15) is 0 Å². The summed E-state index contributed by atoms with van der Waals surface area (Å²) in [5.41, 5.74) is 0. The third kappa shape index (κ3) is 4.52. The van der Waals surface area contributed by atoms with Crippen molar-refractivity contribution in [2.75, 3.05) is 19.7 Å². The standard InChI is InChI=1S/C12H22N2O4/c1-3-6-14(8-11(15)16)12(17)13-9(2)10-5-4-7-18-10/h9-10H,3-8H2,1-2H3,(H,13,17)(H,15,16). The molecule has 0 saturated carbocycles. The smallest absolute Gasteiger partial charge is 0.323 e. The molecule has 18 heavy (non-hydrogen) atoms. The summed E-state index contributed by atoms with van der Waals surface area (Å²) < 4.78 is 5.49. The maximum absolute atomic E-state index is 11.9. The number of hydrogen-bond acceptors (Lipinski definition) is 3. The van der Waals surface area contributed by atoms with Crippen LogP contribution in [-0.4, -0.2) is 53.8 Å². The van der Waals surface area contributed by atoms with Crippen LogP contribution in [0.15, 0.2) is 0 Å². The zero-order chi connectivity index (χ0) is 13.5. The average Bonchev–Trinajstić information content (AvgIpc) is 2.81. The van der Waals surface area contributed by atoms with Crippen molar-refractivity contribution in [1.82, 2.24) is 10.2 Å². The normalized spacial score (nSPS) is 20.4. The van der Waals surface area contributed by atoms with E-state index in [9.17, 15) is 9.59 Å². The molecule has 0 bridgehead atoms. The number of aliphatic carboxylic acids is 1. The Labute approximate surface area is 107 Å². The molecule has 0 spiro atoms. The zero-order valence-corrected chi connectivity index (χ0v) is 11.0. The molecule has 1 heterocycles. The van der Waals surface area contributed by atoms with Crippen molar-refractivity contribution < 1.29 is 19.4 Å². The molecular weight excluding hydrogens is 236 g/mol. The highest BCUT2D eigenvalue weighted by Gasteiger charge is 2.25. The summed E-state index contributed by atoms with van der Waals surface area (Å²) in [4.78, 5) is 23.9. The molecule has 0 aromatic heterocycles. The molecule has 1 saturated heterocycles. The number of ether oxygens (including phenoxy) is 1. The predicted molar refractivity (Wildman–Crippen MR) is 66.5 cm³/mol. The van der Waals surface area contributed by atoms with Crippen molar-refractivity contribution >= 4 is 12.0 Å². The lowest BCUT2D eigenvalue weighted by Crippen LogP contribution is -2.49. The molecular formula is C12H22N2O4. The fourth-order valence-electron chi connectivity index (χ4n) is 2.06. The first kappa shape index (κ1) is 14.8. The van der Waals surface area contributed by atoms with Gasteiger partial charge < -0.3 is 20.1 Å². The minimum Gasteiger partial charge on any atom is -0.480 e. The van der Waals surface area contributed by atoms with E-state index >= 15 is 0 Å². The minimum atomic E-state index is -0.997. The van der Waals surface area contributed by atoms with Gasteiger partial charge in [-0.3, -0.25) is 4.79 Å². The van der Waals surface area contributed by atoms with Gasteiger partial charge >= 0.3 is 12.0 Å². The van der Waals surface area contributed by atoms with Crippen LogP contribution in [0.3, 0.4) is 0 Å². The van der Waals surface area contributed by atoms with E-state index in [1.165, 1.54) is 4.90 Å². The minimum absolute atomic E-state index is 0.0438. The number of carboxylic acids is 1. The zero-order valence-electron chi connectivity index (χ0n) is 11.0. The van der Waals surface area contributed by atoms with E-state index in [2.05, 4.69) is 5.32 Å². The molecule has 1 aliphatic heterocycles. The maximum atomic E-state index is 11.9. The van der Waals surface area contributed by atoms with Crippen LogP contribution >= 0.6 is 0 Å². The Hall–Kier alpha value is -1.30. The first-order valence-corrected chi connectivity index (χ1v) is 6.43. The van der Waals surface area contributed by atoms with Gasteiger partial charge in [-0.05, 0) is 26.2 Å². The van der Waals surface area contributed by atoms with Crippen LogP contribution in [0, 0.1) is 0 Å². The largest absolute Gasteiger partial charge is 0.480 e. The Morgan fingerprint density at radius 3 is 2.78 bits per heavy atom. The van der Waals surface area contributed by atoms with E-state index in [-0.39, 0.29) is 24.7 Å². The summed E-state index contributed by atoms with van der Waals surface area (Å²) in [6.07, 6.45) is 2.73. The summed E-state index contributed by atoms with van der Waals surface area (Å²) >= 11 is 0. The second-order valence-corrected chi connectivity index (χ2v) is 4.60. The number of carbonyl (C=O) groups is 2. The molecule has 1 aliphatic rings. The van der Waals surface area contributed by atoms with Gasteiger partial charge in [0.1, 0.15) is 6.54 Å². The first-order valence-electron chi connectivity index (χ1n) is 6.43. The van der Waals surface area contributed by atoms with E-state index in [0.717, 1.165) is 25.9 Å². The van der Waals surface area contributed by atoms with Gasteiger partial charge in [0.25, 0.3) is 0 Å². The van der Waals surface area contributed by atoms with E-state index in [4.69, 9.17) is 9.84 Å². The summed E-state index contributed by atoms with van der Waals surface area (Å²) in [5.74, 6) is -0.997. The van der Waals surface area contributed by atoms with Gasteiger partial charge in [0.05, 0.1) is 12.1 Å². The Kier molecular flexibility index (Phi) is 5.91. The summed E-state index contributed by atoms with van der Waals surface area (Å²) in [7, 11) is 0. The number of carboxylic acid groups (broad SMARTS) is 1. The van der Waals surface area contributed by atoms with Crippen molar-refractivity contribution in [3.05, 3.63) is 0 Å². The van der Waals surface area contributed by atoms with Gasteiger partial charge in [0, 0.05) is 13.2 Å². The van der Waals surface area contributed by atoms with Gasteiger partial charge in [0.15, 0.2) is 0 Å². The molecule has 6 heteroatoms. The van der Waals surface area contributed by atoms with Gasteiger partial charge in [-0.25, -0.2) is 4.79 Å². The molecule has 2 atom stereocenters. The fraction of sp³-hybridized carbons (Fsp3) is 0.833. The average molecular weight is 258 g/mol. The second kappa shape index (κ2) is 7.20. The van der Waals surface area contributed by atoms with Crippen molar-refractivity contribution in [3.63, 3.8) is 0 Å². The lowest BCUT2D eigenvalue weighted by molar-refractivity contribution is -0.137. The molecule has 1 rings (SSSR count). The molecule has 0 aromatic carbocycles. The van der Waals surface area contributed by atoms with Gasteiger partial charge in [0.2, 0.25) is 0 Å². The van der Waals surface area contributed by atoms with Crippen molar-refractivity contribution in [2.45, 2.75) is 45.3 Å². The number of rotatable bonds is 6. The van der Waals surface area contributed by atoms with E-state index in [1.54, 1.807) is 0 Å². The first-order chi connectivity index (χ1) is 8.54. The topological polar surface area (TPSA) is 78.9 Å². The van der Waals surface area contributed by atoms with Crippen LogP contribution in [0.1, 0.15) is 33.1 Å². The number of hydrogen-bond donors (Lipinski definition) is 2. The quantitative estimate of drug-likeness (QED) is 0.746. The lowest BCUT2D eigenvalue weighted by Gasteiger charge is -2.25. The van der Waals surface area contributed by atoms with Crippen LogP contribution in [0.25, 0.3) is 0 Å². The molecule has 2 unspecified atom stereocenters. The van der Waals surface area contributed by atoms with Crippen molar-refractivity contribution in [3.8, 4) is 0 Å². The summed E-state index contributed by atoms with van der Waals surface area (Å²) in [5, 5.41) is 11.6. The Morgan fingerprint density at radius 2 is 2.28 bits per heavy atom. The SMILES string of the molecule is CCCN(CC(=O)O)C(=O)NC(C)C1CCCO1. The van der Waals surface area contributed by atoms with Gasteiger partial charge in [-0.15, -0.1) is 0 Å². The molecule has 104 valence electrons. The molecule has 0 radical (unpaired) electrons. The Bertz CT molecular complexity index is 290. The monoisotopic (exact) mass is 258 g/mol. The number of amides is 2. The highest BCUT2D eigenvalue weighted by Crippen LogP contribution is 2.15. The van der Waals surface area contributed by atoms with E-state index < -0.39 is 5.97 Å². The van der Waals surface area contributed by atoms with Crippen LogP contribution in [-0.2, 0) is 9.53 Å². The van der Waals surface area contributed by atoms with Crippen molar-refractivity contribution in [2.24, 2.45) is 0 Å². The van der Waals surface area contributed by atoms with Crippen molar-refractivity contribution in [1.29, 1.82) is 0 Å². The molecule has 2 N–H and O–H groups in total. The van der Waals surface area contributed by atoms with E-state index in [0.29, 0.717) is 6.54 Å². The Morgan fingerprint density at radius 1 is 1.56 bits per heavy atom. The molecule has 6 nitrogen and oxygen atoms in total. The number of carbonyl (C=O) groups excluding carboxylic acids is 1. The van der Waals surface area contributed by atoms with Crippen LogP contribution in [0.5, 0.6) is 0 Å². The molecule has 2 amide bonds. The predicted octanol–water partition coefficient (Wildman–Crippen LogP) is 1.06. The highest BCUT2D eigenvalue weighted by atomic mass is 16.5. The molecule has 1 fully saturated rings. The molecule has 0 aromatic rings. The highest BCUT2D eigenvalue weighted by molar-refractivity contribution is 5.80. The van der Waals surface area contributed by atoms with Crippen LogP contribution < -0.4 is 5.32 Å². The third-order valence-electron chi connectivity index (χ3n) is 2.98. The third-order valence-corrected chi connectivity index (χ3v) is 2.98. The van der Waals surface area contributed by atoms with Crippen LogP contribution in [0.2, 0.25) is 0 Å². The van der Waals surface area contributed by atoms with Gasteiger partial charge in [-0.1, -0.05) is 6.92 Å². The second-order valence-electron chi connectivity index (χ2n) is 4.60. The molecule has 0 aliphatic carbocycles. The van der Waals surface area contributed by atoms with Crippen LogP contribution in [0.4, 0.5) is 4.79 Å².